The zero-order chi connectivity index (χ0) is 16.8. The molecular weight excluding hydrogens is 286 g/mol. The van der Waals surface area contributed by atoms with Gasteiger partial charge in [0.15, 0.2) is 0 Å². The first-order chi connectivity index (χ1) is 11.0. The van der Waals surface area contributed by atoms with Crippen LogP contribution in [0.5, 0.6) is 0 Å². The predicted molar refractivity (Wildman–Crippen MR) is 97.2 cm³/mol. The number of benzene rings is 1. The highest BCUT2D eigenvalue weighted by molar-refractivity contribution is 5.91. The molecule has 1 fully saturated rings. The van der Waals surface area contributed by atoms with Crippen molar-refractivity contribution in [1.29, 1.82) is 0 Å². The number of piperazine rings is 1. The molecule has 1 heterocycles. The lowest BCUT2D eigenvalue weighted by Gasteiger charge is -2.35. The van der Waals surface area contributed by atoms with Crippen LogP contribution in [-0.2, 0) is 0 Å². The number of nitrogens with zero attached hydrogens (tertiary/aromatic N) is 2. The second-order valence-electron chi connectivity index (χ2n) is 6.81. The fourth-order valence-corrected chi connectivity index (χ4v) is 3.08. The highest BCUT2D eigenvalue weighted by atomic mass is 16.2. The molecule has 2 amide bonds. The van der Waals surface area contributed by atoms with Crippen molar-refractivity contribution in [2.75, 3.05) is 38.0 Å². The molecule has 4 heteroatoms. The molecule has 0 bridgehead atoms. The number of urea groups is 1. The van der Waals surface area contributed by atoms with Crippen molar-refractivity contribution < 1.29 is 4.79 Å². The number of rotatable bonds is 5. The largest absolute Gasteiger partial charge is 0.322 e. The van der Waals surface area contributed by atoms with Crippen LogP contribution >= 0.6 is 0 Å². The Morgan fingerprint density at radius 2 is 1.91 bits per heavy atom. The topological polar surface area (TPSA) is 35.6 Å². The Labute approximate surface area is 140 Å². The number of hydrogen-bond acceptors (Lipinski definition) is 2. The van der Waals surface area contributed by atoms with E-state index in [1.807, 2.05) is 4.90 Å². The van der Waals surface area contributed by atoms with Crippen LogP contribution in [0.2, 0.25) is 0 Å². The molecular formula is C19H31N3O. The van der Waals surface area contributed by atoms with E-state index in [4.69, 9.17) is 0 Å². The van der Waals surface area contributed by atoms with Crippen LogP contribution in [-0.4, -0.2) is 48.6 Å². The van der Waals surface area contributed by atoms with E-state index in [0.29, 0.717) is 5.92 Å². The van der Waals surface area contributed by atoms with Gasteiger partial charge in [0, 0.05) is 31.9 Å². The number of hydrogen-bond donors (Lipinski definition) is 1. The van der Waals surface area contributed by atoms with Crippen molar-refractivity contribution in [3.05, 3.63) is 29.3 Å². The van der Waals surface area contributed by atoms with Gasteiger partial charge in [-0.2, -0.15) is 0 Å². The molecule has 23 heavy (non-hydrogen) atoms. The number of carbonyl (C=O) groups excluding carboxylic acids is 1. The average Bonchev–Trinajstić information content (AvgIpc) is 2.55. The summed E-state index contributed by atoms with van der Waals surface area (Å²) in [6, 6.07) is 6.27. The summed E-state index contributed by atoms with van der Waals surface area (Å²) in [6.45, 7) is 13.4. The minimum absolute atomic E-state index is 0.0383. The second kappa shape index (κ2) is 8.34. The van der Waals surface area contributed by atoms with Crippen molar-refractivity contribution >= 4 is 11.7 Å². The summed E-state index contributed by atoms with van der Waals surface area (Å²) in [5.74, 6) is 0.399. The Morgan fingerprint density at radius 1 is 1.22 bits per heavy atom. The summed E-state index contributed by atoms with van der Waals surface area (Å²) in [5, 5.41) is 3.16. The predicted octanol–water partition coefficient (Wildman–Crippen LogP) is 4.07. The molecule has 0 aromatic heterocycles. The van der Waals surface area contributed by atoms with E-state index in [1.54, 1.807) is 0 Å². The maximum Gasteiger partial charge on any atom is 0.321 e. The molecule has 0 unspecified atom stereocenters. The van der Waals surface area contributed by atoms with Crippen LogP contribution in [0.4, 0.5) is 10.5 Å². The Balaban J connectivity index is 1.96. The fraction of sp³-hybridized carbons (Fsp3) is 0.632. The second-order valence-corrected chi connectivity index (χ2v) is 6.81. The summed E-state index contributed by atoms with van der Waals surface area (Å²) >= 11 is 0. The molecule has 128 valence electrons. The van der Waals surface area contributed by atoms with Crippen molar-refractivity contribution in [1.82, 2.24) is 9.80 Å². The third-order valence-electron chi connectivity index (χ3n) is 4.65. The lowest BCUT2D eigenvalue weighted by molar-refractivity contribution is 0.146. The van der Waals surface area contributed by atoms with E-state index >= 15 is 0 Å². The lowest BCUT2D eigenvalue weighted by atomic mass is 9.98. The van der Waals surface area contributed by atoms with Crippen LogP contribution in [0.1, 0.15) is 50.7 Å². The molecule has 4 nitrogen and oxygen atoms in total. The lowest BCUT2D eigenvalue weighted by Crippen LogP contribution is -2.50. The molecule has 1 aliphatic rings. The van der Waals surface area contributed by atoms with E-state index < -0.39 is 0 Å². The normalized spacial score (nSPS) is 16.0. The average molecular weight is 317 g/mol. The first-order valence-corrected chi connectivity index (χ1v) is 8.90. The van der Waals surface area contributed by atoms with Gasteiger partial charge in [0.05, 0.1) is 0 Å². The molecule has 1 N–H and O–H groups in total. The number of aryl methyl sites for hydroxylation is 1. The third kappa shape index (κ3) is 4.71. The number of carbonyl (C=O) groups is 1. The highest BCUT2D eigenvalue weighted by Gasteiger charge is 2.22. The van der Waals surface area contributed by atoms with Gasteiger partial charge < -0.3 is 10.2 Å². The van der Waals surface area contributed by atoms with Crippen molar-refractivity contribution in [2.24, 2.45) is 0 Å². The first-order valence-electron chi connectivity index (χ1n) is 8.90. The van der Waals surface area contributed by atoms with Crippen LogP contribution < -0.4 is 5.32 Å². The molecule has 1 aliphatic heterocycles. The molecule has 0 radical (unpaired) electrons. The smallest absolute Gasteiger partial charge is 0.321 e. The Hall–Kier alpha value is -1.55. The van der Waals surface area contributed by atoms with E-state index in [9.17, 15) is 4.79 Å². The third-order valence-corrected chi connectivity index (χ3v) is 4.65. The van der Waals surface area contributed by atoms with Gasteiger partial charge in [0.1, 0.15) is 0 Å². The van der Waals surface area contributed by atoms with Crippen molar-refractivity contribution in [2.45, 2.75) is 46.5 Å². The molecule has 1 aromatic rings. The zero-order valence-electron chi connectivity index (χ0n) is 15.1. The molecule has 2 rings (SSSR count). The van der Waals surface area contributed by atoms with E-state index in [-0.39, 0.29) is 6.03 Å². The quantitative estimate of drug-likeness (QED) is 0.888. The van der Waals surface area contributed by atoms with Crippen LogP contribution in [0.3, 0.4) is 0 Å². The van der Waals surface area contributed by atoms with E-state index in [1.165, 1.54) is 18.4 Å². The fourth-order valence-electron chi connectivity index (χ4n) is 3.08. The van der Waals surface area contributed by atoms with Gasteiger partial charge in [-0.15, -0.1) is 0 Å². The summed E-state index contributed by atoms with van der Waals surface area (Å²) in [6.07, 6.45) is 2.47. The Kier molecular flexibility index (Phi) is 6.46. The van der Waals surface area contributed by atoms with Gasteiger partial charge in [0.2, 0.25) is 0 Å². The number of anilines is 1. The summed E-state index contributed by atoms with van der Waals surface area (Å²) in [5.41, 5.74) is 3.33. The van der Waals surface area contributed by atoms with Crippen molar-refractivity contribution in [3.63, 3.8) is 0 Å². The Morgan fingerprint density at radius 3 is 2.52 bits per heavy atom. The maximum absolute atomic E-state index is 12.6. The van der Waals surface area contributed by atoms with Crippen LogP contribution in [0.25, 0.3) is 0 Å². The first kappa shape index (κ1) is 17.8. The maximum atomic E-state index is 12.6. The highest BCUT2D eigenvalue weighted by Crippen LogP contribution is 2.27. The summed E-state index contributed by atoms with van der Waals surface area (Å²) in [4.78, 5) is 17.0. The van der Waals surface area contributed by atoms with Gasteiger partial charge in [-0.25, -0.2) is 4.79 Å². The molecule has 0 spiro atoms. The van der Waals surface area contributed by atoms with Crippen LogP contribution in [0, 0.1) is 6.92 Å². The van der Waals surface area contributed by atoms with Gasteiger partial charge in [-0.1, -0.05) is 45.4 Å². The van der Waals surface area contributed by atoms with Gasteiger partial charge in [-0.3, -0.25) is 4.90 Å². The van der Waals surface area contributed by atoms with Gasteiger partial charge >= 0.3 is 6.03 Å². The standard InChI is InChI=1S/C19H31N3O/c1-5-6-10-21-11-13-22(14-12-21)19(23)20-18-16(4)8-7-9-17(18)15(2)3/h7-9,15H,5-6,10-14H2,1-4H3,(H,20,23). The monoisotopic (exact) mass is 317 g/mol. The minimum atomic E-state index is 0.0383. The van der Waals surface area contributed by atoms with E-state index in [0.717, 1.165) is 44.0 Å². The molecule has 1 aromatic carbocycles. The number of amides is 2. The summed E-state index contributed by atoms with van der Waals surface area (Å²) < 4.78 is 0. The van der Waals surface area contributed by atoms with Crippen LogP contribution in [0.15, 0.2) is 18.2 Å². The zero-order valence-corrected chi connectivity index (χ0v) is 15.1. The van der Waals surface area contributed by atoms with E-state index in [2.05, 4.69) is 56.1 Å². The molecule has 0 saturated carbocycles. The van der Waals surface area contributed by atoms with Crippen molar-refractivity contribution in [3.8, 4) is 0 Å². The van der Waals surface area contributed by atoms with Gasteiger partial charge in [0.25, 0.3) is 0 Å². The number of para-hydroxylation sites is 1. The summed E-state index contributed by atoms with van der Waals surface area (Å²) in [7, 11) is 0. The molecule has 0 aliphatic carbocycles. The van der Waals surface area contributed by atoms with Gasteiger partial charge in [-0.05, 0) is 36.9 Å². The number of nitrogens with one attached hydrogen (secondary N) is 1. The molecule has 0 atom stereocenters. The SMILES string of the molecule is CCCCN1CCN(C(=O)Nc2c(C)cccc2C(C)C)CC1. The Bertz CT molecular complexity index is 519. The molecule has 1 saturated heterocycles. The number of unbranched alkanes of at least 4 members (excludes halogenated alkanes) is 1. The minimum Gasteiger partial charge on any atom is -0.322 e.